The van der Waals surface area contributed by atoms with Crippen molar-refractivity contribution in [2.45, 2.75) is 30.4 Å². The van der Waals surface area contributed by atoms with Crippen molar-refractivity contribution >= 4 is 43.0 Å². The topological polar surface area (TPSA) is 130 Å². The Morgan fingerprint density at radius 3 is 2.09 bits per heavy atom. The molecule has 0 radical (unpaired) electrons. The lowest BCUT2D eigenvalue weighted by molar-refractivity contribution is -0.115. The highest BCUT2D eigenvalue weighted by atomic mass is 32.2. The number of carbonyl (C=O) groups excluding carboxylic acids is 2. The van der Waals surface area contributed by atoms with Crippen LogP contribution in [0.15, 0.2) is 53.4 Å². The van der Waals surface area contributed by atoms with Gasteiger partial charge in [-0.2, -0.15) is 0 Å². The first-order chi connectivity index (χ1) is 14.9. The molecule has 32 heavy (non-hydrogen) atoms. The summed E-state index contributed by atoms with van der Waals surface area (Å²) < 4.78 is 50.7. The van der Waals surface area contributed by atoms with Crippen molar-refractivity contribution in [2.75, 3.05) is 30.5 Å². The van der Waals surface area contributed by atoms with Crippen LogP contribution in [0.1, 0.15) is 18.9 Å². The lowest BCUT2D eigenvalue weighted by Gasteiger charge is -2.16. The molecule has 0 spiro atoms. The minimum atomic E-state index is -4.09. The highest BCUT2D eigenvalue weighted by Gasteiger charge is 2.33. The molecule has 0 heterocycles. The van der Waals surface area contributed by atoms with Crippen molar-refractivity contribution in [3.8, 4) is 0 Å². The van der Waals surface area contributed by atoms with E-state index in [1.165, 1.54) is 45.3 Å². The lowest BCUT2D eigenvalue weighted by atomic mass is 10.2. The molecule has 2 aromatic rings. The molecule has 1 unspecified atom stereocenters. The molecule has 0 aromatic heterocycles. The van der Waals surface area contributed by atoms with Crippen molar-refractivity contribution in [2.24, 2.45) is 0 Å². The number of aryl methyl sites for hydroxylation is 1. The number of sulfonamides is 1. The number of anilines is 2. The maximum Gasteiger partial charge on any atom is 0.242 e. The van der Waals surface area contributed by atoms with E-state index in [9.17, 15) is 26.4 Å². The van der Waals surface area contributed by atoms with Crippen LogP contribution < -0.4 is 10.6 Å². The number of nitrogens with one attached hydrogen (secondary N) is 2. The Labute approximate surface area is 188 Å². The minimum Gasteiger partial charge on any atom is -0.325 e. The molecule has 1 atom stereocenters. The fourth-order valence-corrected chi connectivity index (χ4v) is 5.38. The van der Waals surface area contributed by atoms with Gasteiger partial charge in [-0.3, -0.25) is 9.59 Å². The van der Waals surface area contributed by atoms with Crippen LogP contribution in [-0.4, -0.2) is 58.1 Å². The lowest BCUT2D eigenvalue weighted by Crippen LogP contribution is -2.39. The second-order valence-electron chi connectivity index (χ2n) is 7.42. The van der Waals surface area contributed by atoms with Crippen LogP contribution >= 0.6 is 0 Å². The zero-order valence-corrected chi connectivity index (χ0v) is 20.0. The third kappa shape index (κ3) is 6.38. The van der Waals surface area contributed by atoms with Crippen molar-refractivity contribution < 1.29 is 26.4 Å². The number of amides is 2. The van der Waals surface area contributed by atoms with E-state index in [1.807, 2.05) is 13.0 Å². The quantitative estimate of drug-likeness (QED) is 0.564. The summed E-state index contributed by atoms with van der Waals surface area (Å²) >= 11 is 0. The van der Waals surface area contributed by atoms with Gasteiger partial charge in [-0.05, 0) is 55.3 Å². The summed E-state index contributed by atoms with van der Waals surface area (Å²) in [4.78, 5) is 24.9. The zero-order chi connectivity index (χ0) is 24.1. The first-order valence-corrected chi connectivity index (χ1v) is 12.9. The van der Waals surface area contributed by atoms with Crippen LogP contribution in [0, 0.1) is 6.92 Å². The number of hydrogen-bond acceptors (Lipinski definition) is 6. The third-order valence-corrected chi connectivity index (χ3v) is 8.54. The predicted octanol–water partition coefficient (Wildman–Crippen LogP) is 2.02. The van der Waals surface area contributed by atoms with Crippen LogP contribution in [0.2, 0.25) is 0 Å². The minimum absolute atomic E-state index is 0.0288. The Morgan fingerprint density at radius 1 is 0.938 bits per heavy atom. The zero-order valence-electron chi connectivity index (χ0n) is 18.3. The van der Waals surface area contributed by atoms with Crippen LogP contribution in [-0.2, 0) is 29.4 Å². The first-order valence-electron chi connectivity index (χ1n) is 9.78. The Hall–Kier alpha value is -2.76. The maximum atomic E-state index is 12.7. The molecular weight excluding hydrogens is 454 g/mol. The van der Waals surface area contributed by atoms with E-state index in [0.29, 0.717) is 5.69 Å². The molecule has 2 amide bonds. The van der Waals surface area contributed by atoms with Gasteiger partial charge >= 0.3 is 0 Å². The third-order valence-electron chi connectivity index (χ3n) is 4.63. The van der Waals surface area contributed by atoms with E-state index in [4.69, 9.17) is 0 Å². The van der Waals surface area contributed by atoms with E-state index in [1.54, 1.807) is 18.2 Å². The summed E-state index contributed by atoms with van der Waals surface area (Å²) in [5.41, 5.74) is 1.61. The highest BCUT2D eigenvalue weighted by Crippen LogP contribution is 2.18. The van der Waals surface area contributed by atoms with Gasteiger partial charge in [0.05, 0.1) is 4.90 Å². The summed E-state index contributed by atoms with van der Waals surface area (Å²) in [7, 11) is -4.92. The van der Waals surface area contributed by atoms with Gasteiger partial charge in [0.15, 0.2) is 9.84 Å². The fourth-order valence-electron chi connectivity index (χ4n) is 2.95. The second-order valence-corrected chi connectivity index (χ2v) is 11.8. The van der Waals surface area contributed by atoms with Crippen molar-refractivity contribution in [3.05, 3.63) is 54.1 Å². The summed E-state index contributed by atoms with van der Waals surface area (Å²) in [6.45, 7) is 3.37. The number of hydrogen-bond donors (Lipinski definition) is 2. The molecule has 9 nitrogen and oxygen atoms in total. The molecule has 0 aliphatic carbocycles. The molecule has 0 saturated carbocycles. The molecule has 11 heteroatoms. The molecular formula is C21H27N3O6S2. The smallest absolute Gasteiger partial charge is 0.242 e. The van der Waals surface area contributed by atoms with Crippen molar-refractivity contribution in [3.63, 3.8) is 0 Å². The Morgan fingerprint density at radius 2 is 1.56 bits per heavy atom. The van der Waals surface area contributed by atoms with Gasteiger partial charge in [0, 0.05) is 25.5 Å². The van der Waals surface area contributed by atoms with E-state index in [0.717, 1.165) is 9.87 Å². The molecule has 2 rings (SSSR count). The molecule has 2 N–H and O–H groups in total. The monoisotopic (exact) mass is 481 g/mol. The maximum absolute atomic E-state index is 12.7. The van der Waals surface area contributed by atoms with Gasteiger partial charge < -0.3 is 10.6 Å². The number of carbonyl (C=O) groups is 2. The molecule has 0 aliphatic rings. The van der Waals surface area contributed by atoms with Gasteiger partial charge in [0.25, 0.3) is 0 Å². The molecule has 0 saturated heterocycles. The number of benzene rings is 2. The average Bonchev–Trinajstić information content (AvgIpc) is 2.68. The van der Waals surface area contributed by atoms with Crippen LogP contribution in [0.25, 0.3) is 0 Å². The summed E-state index contributed by atoms with van der Waals surface area (Å²) in [6, 6.07) is 12.3. The van der Waals surface area contributed by atoms with E-state index in [-0.39, 0.29) is 17.0 Å². The van der Waals surface area contributed by atoms with Crippen LogP contribution in [0.5, 0.6) is 0 Å². The van der Waals surface area contributed by atoms with Crippen molar-refractivity contribution in [1.29, 1.82) is 0 Å². The number of nitrogens with zero attached hydrogens (tertiary/aromatic N) is 1. The van der Waals surface area contributed by atoms with Gasteiger partial charge in [-0.1, -0.05) is 19.1 Å². The van der Waals surface area contributed by atoms with Crippen molar-refractivity contribution in [1.82, 2.24) is 4.31 Å². The molecule has 0 bridgehead atoms. The van der Waals surface area contributed by atoms with Gasteiger partial charge in [-0.15, -0.1) is 0 Å². The van der Waals surface area contributed by atoms with E-state index >= 15 is 0 Å². The molecule has 0 aliphatic heterocycles. The summed E-state index contributed by atoms with van der Waals surface area (Å²) in [6.07, 6.45) is -0.0288. The normalized spacial score (nSPS) is 12.9. The number of sulfone groups is 1. The fraction of sp³-hybridized carbons (Fsp3) is 0.333. The standard InChI is InChI=1S/C21H27N3O6S2/c1-5-19(31(27,28)14-20(25)22-17-8-6-7-15(2)13-17)21(26)23-16-9-11-18(12-10-16)32(29,30)24(3)4/h6-13,19H,5,14H2,1-4H3,(H,22,25)(H,23,26). The van der Waals surface area contributed by atoms with Crippen LogP contribution in [0.3, 0.4) is 0 Å². The Bertz CT molecular complexity index is 1190. The molecule has 2 aromatic carbocycles. The summed E-state index contributed by atoms with van der Waals surface area (Å²) in [5.74, 6) is -2.37. The SMILES string of the molecule is CCC(C(=O)Nc1ccc(S(=O)(=O)N(C)C)cc1)S(=O)(=O)CC(=O)Nc1cccc(C)c1. The Kier molecular flexibility index (Phi) is 8.16. The number of rotatable bonds is 9. The average molecular weight is 482 g/mol. The largest absolute Gasteiger partial charge is 0.325 e. The molecule has 0 fully saturated rings. The van der Waals surface area contributed by atoms with Gasteiger partial charge in [-0.25, -0.2) is 21.1 Å². The van der Waals surface area contributed by atoms with Gasteiger partial charge in [0.2, 0.25) is 21.8 Å². The van der Waals surface area contributed by atoms with E-state index < -0.39 is 42.7 Å². The molecule has 174 valence electrons. The predicted molar refractivity (Wildman–Crippen MR) is 124 cm³/mol. The Balaban J connectivity index is 2.09. The second kappa shape index (κ2) is 10.2. The van der Waals surface area contributed by atoms with Gasteiger partial charge in [0.1, 0.15) is 11.0 Å². The summed E-state index contributed by atoms with van der Waals surface area (Å²) in [5, 5.41) is 3.57. The first kappa shape index (κ1) is 25.5. The van der Waals surface area contributed by atoms with Crippen LogP contribution in [0.4, 0.5) is 11.4 Å². The van der Waals surface area contributed by atoms with E-state index in [2.05, 4.69) is 10.6 Å². The highest BCUT2D eigenvalue weighted by molar-refractivity contribution is 7.93.